The van der Waals surface area contributed by atoms with E-state index in [0.29, 0.717) is 24.0 Å². The van der Waals surface area contributed by atoms with E-state index in [1.807, 2.05) is 11.0 Å². The highest BCUT2D eigenvalue weighted by atomic mass is 35.5. The maximum absolute atomic E-state index is 11.9. The summed E-state index contributed by atoms with van der Waals surface area (Å²) in [5, 5.41) is 1.66. The highest BCUT2D eigenvalue weighted by Gasteiger charge is 2.27. The van der Waals surface area contributed by atoms with Crippen molar-refractivity contribution in [2.45, 2.75) is 18.8 Å². The van der Waals surface area contributed by atoms with Crippen molar-refractivity contribution in [3.8, 4) is 11.1 Å². The zero-order valence-electron chi connectivity index (χ0n) is 16.7. The van der Waals surface area contributed by atoms with Crippen LogP contribution in [-0.4, -0.2) is 47.0 Å². The Balaban J connectivity index is 1.51. The summed E-state index contributed by atoms with van der Waals surface area (Å²) in [6.45, 7) is 6.31. The number of halogens is 1. The molecule has 1 saturated heterocycles. The van der Waals surface area contributed by atoms with Crippen molar-refractivity contribution >= 4 is 34.2 Å². The van der Waals surface area contributed by atoms with E-state index in [9.17, 15) is 4.79 Å². The van der Waals surface area contributed by atoms with Gasteiger partial charge in [-0.05, 0) is 48.1 Å². The molecule has 2 aliphatic rings. The third-order valence-electron chi connectivity index (χ3n) is 6.04. The molecule has 1 aromatic heterocycles. The summed E-state index contributed by atoms with van der Waals surface area (Å²) in [4.78, 5) is 25.0. The molecule has 2 fully saturated rings. The van der Waals surface area contributed by atoms with Crippen LogP contribution < -0.4 is 4.90 Å². The number of carbonyl (C=O) groups is 1. The predicted octanol–water partition coefficient (Wildman–Crippen LogP) is 4.66. The van der Waals surface area contributed by atoms with Crippen LogP contribution in [0.4, 0.5) is 5.82 Å². The molecule has 152 valence electrons. The molecule has 1 saturated carbocycles. The van der Waals surface area contributed by atoms with E-state index in [1.54, 1.807) is 6.33 Å². The fraction of sp³-hybridized carbons (Fsp3) is 0.292. The summed E-state index contributed by atoms with van der Waals surface area (Å²) in [6, 6.07) is 12.6. The van der Waals surface area contributed by atoms with Crippen LogP contribution in [0, 0.1) is 0 Å². The zero-order valence-corrected chi connectivity index (χ0v) is 17.5. The fourth-order valence-electron chi connectivity index (χ4n) is 4.28. The molecule has 1 amide bonds. The van der Waals surface area contributed by atoms with Crippen molar-refractivity contribution in [3.63, 3.8) is 0 Å². The monoisotopic (exact) mass is 418 g/mol. The molecule has 1 aliphatic heterocycles. The molecule has 1 aliphatic carbocycles. The van der Waals surface area contributed by atoms with Gasteiger partial charge in [0.1, 0.15) is 12.1 Å². The van der Waals surface area contributed by atoms with Gasteiger partial charge >= 0.3 is 0 Å². The number of hydrogen-bond donors (Lipinski definition) is 0. The molecule has 0 radical (unpaired) electrons. The largest absolute Gasteiger partial charge is 0.352 e. The molecule has 5 nitrogen and oxygen atoms in total. The number of hydrogen-bond acceptors (Lipinski definition) is 4. The first-order valence-corrected chi connectivity index (χ1v) is 10.7. The SMILES string of the molecule is C=CC(=O)N1CCN(c2ncnc3cc(-c4ccccc4C4CC4)c(Cl)cc23)CC1. The Hall–Kier alpha value is -2.92. The molecule has 0 unspecified atom stereocenters. The summed E-state index contributed by atoms with van der Waals surface area (Å²) >= 11 is 6.79. The third kappa shape index (κ3) is 3.43. The molecule has 3 aromatic rings. The van der Waals surface area contributed by atoms with Gasteiger partial charge in [-0.25, -0.2) is 9.97 Å². The Morgan fingerprint density at radius 3 is 2.57 bits per heavy atom. The lowest BCUT2D eigenvalue weighted by atomic mass is 9.96. The minimum atomic E-state index is -0.0239. The number of nitrogens with zero attached hydrogens (tertiary/aromatic N) is 4. The molecular formula is C24H23ClN4O. The van der Waals surface area contributed by atoms with E-state index in [4.69, 9.17) is 11.6 Å². The highest BCUT2D eigenvalue weighted by Crippen LogP contribution is 2.46. The van der Waals surface area contributed by atoms with Gasteiger partial charge in [0.2, 0.25) is 5.91 Å². The second kappa shape index (κ2) is 7.73. The van der Waals surface area contributed by atoms with Gasteiger partial charge in [0.05, 0.1) is 5.52 Å². The van der Waals surface area contributed by atoms with Crippen molar-refractivity contribution in [2.75, 3.05) is 31.1 Å². The first-order valence-electron chi connectivity index (χ1n) is 10.4. The van der Waals surface area contributed by atoms with Crippen molar-refractivity contribution in [1.29, 1.82) is 0 Å². The lowest BCUT2D eigenvalue weighted by Gasteiger charge is -2.35. The lowest BCUT2D eigenvalue weighted by Crippen LogP contribution is -2.48. The highest BCUT2D eigenvalue weighted by molar-refractivity contribution is 6.34. The Morgan fingerprint density at radius 1 is 1.07 bits per heavy atom. The van der Waals surface area contributed by atoms with Crippen LogP contribution in [0.2, 0.25) is 5.02 Å². The maximum Gasteiger partial charge on any atom is 0.246 e. The van der Waals surface area contributed by atoms with E-state index in [0.717, 1.165) is 35.4 Å². The second-order valence-corrected chi connectivity index (χ2v) is 8.33. The van der Waals surface area contributed by atoms with Crippen molar-refractivity contribution in [2.24, 2.45) is 0 Å². The number of fused-ring (bicyclic) bond motifs is 1. The van der Waals surface area contributed by atoms with E-state index in [-0.39, 0.29) is 5.91 Å². The van der Waals surface area contributed by atoms with Gasteiger partial charge in [-0.1, -0.05) is 42.4 Å². The van der Waals surface area contributed by atoms with Crippen LogP contribution in [-0.2, 0) is 4.79 Å². The maximum atomic E-state index is 11.9. The summed E-state index contributed by atoms with van der Waals surface area (Å²) in [5.74, 6) is 1.49. The fourth-order valence-corrected chi connectivity index (χ4v) is 4.55. The van der Waals surface area contributed by atoms with Crippen molar-refractivity contribution in [1.82, 2.24) is 14.9 Å². The summed E-state index contributed by atoms with van der Waals surface area (Å²) in [7, 11) is 0. The van der Waals surface area contributed by atoms with Crippen LogP contribution >= 0.6 is 11.6 Å². The zero-order chi connectivity index (χ0) is 20.7. The van der Waals surface area contributed by atoms with E-state index >= 15 is 0 Å². The number of carbonyl (C=O) groups excluding carboxylic acids is 1. The van der Waals surface area contributed by atoms with Gasteiger partial charge in [-0.2, -0.15) is 0 Å². The Labute approximate surface area is 181 Å². The number of aromatic nitrogens is 2. The van der Waals surface area contributed by atoms with Gasteiger partial charge in [-0.3, -0.25) is 4.79 Å². The topological polar surface area (TPSA) is 49.3 Å². The number of benzene rings is 2. The average molecular weight is 419 g/mol. The van der Waals surface area contributed by atoms with Gasteiger partial charge < -0.3 is 9.80 Å². The number of rotatable bonds is 4. The van der Waals surface area contributed by atoms with Crippen LogP contribution in [0.25, 0.3) is 22.0 Å². The number of piperazine rings is 1. The minimum Gasteiger partial charge on any atom is -0.352 e. The van der Waals surface area contributed by atoms with Gasteiger partial charge in [0.15, 0.2) is 0 Å². The molecule has 0 bridgehead atoms. The van der Waals surface area contributed by atoms with Crippen LogP contribution in [0.1, 0.15) is 24.3 Å². The number of anilines is 1. The van der Waals surface area contributed by atoms with Crippen molar-refractivity contribution in [3.05, 3.63) is 66.0 Å². The van der Waals surface area contributed by atoms with E-state index in [2.05, 4.69) is 51.8 Å². The summed E-state index contributed by atoms with van der Waals surface area (Å²) in [5.41, 5.74) is 4.48. The molecule has 5 rings (SSSR count). The molecular weight excluding hydrogens is 396 g/mol. The first kappa shape index (κ1) is 19.1. The molecule has 0 atom stereocenters. The van der Waals surface area contributed by atoms with Crippen molar-refractivity contribution < 1.29 is 4.79 Å². The van der Waals surface area contributed by atoms with Gasteiger partial charge in [0, 0.05) is 42.2 Å². The third-order valence-corrected chi connectivity index (χ3v) is 6.35. The molecule has 6 heteroatoms. The molecule has 0 spiro atoms. The Bertz CT molecular complexity index is 1130. The molecule has 2 aromatic carbocycles. The second-order valence-electron chi connectivity index (χ2n) is 7.92. The molecule has 0 N–H and O–H groups in total. The van der Waals surface area contributed by atoms with E-state index in [1.165, 1.54) is 30.0 Å². The molecule has 30 heavy (non-hydrogen) atoms. The van der Waals surface area contributed by atoms with Gasteiger partial charge in [-0.15, -0.1) is 0 Å². The van der Waals surface area contributed by atoms with Crippen LogP contribution in [0.15, 0.2) is 55.4 Å². The quantitative estimate of drug-likeness (QED) is 0.578. The predicted molar refractivity (Wildman–Crippen MR) is 121 cm³/mol. The van der Waals surface area contributed by atoms with Crippen LogP contribution in [0.5, 0.6) is 0 Å². The van der Waals surface area contributed by atoms with E-state index < -0.39 is 0 Å². The lowest BCUT2D eigenvalue weighted by molar-refractivity contribution is -0.126. The standard InChI is InChI=1S/C24H23ClN4O/c1-2-23(30)28-9-11-29(12-10-28)24-20-13-21(25)19(14-22(20)26-15-27-24)18-6-4-3-5-17(18)16-7-8-16/h2-6,13-16H,1,7-12H2. The molecule has 2 heterocycles. The Morgan fingerprint density at radius 2 is 1.83 bits per heavy atom. The summed E-state index contributed by atoms with van der Waals surface area (Å²) < 4.78 is 0. The summed E-state index contributed by atoms with van der Waals surface area (Å²) in [6.07, 6.45) is 5.48. The average Bonchev–Trinajstić information content (AvgIpc) is 3.63. The van der Waals surface area contributed by atoms with Gasteiger partial charge in [0.25, 0.3) is 0 Å². The van der Waals surface area contributed by atoms with Crippen LogP contribution in [0.3, 0.4) is 0 Å². The Kier molecular flexibility index (Phi) is 4.91. The normalized spacial score (nSPS) is 16.7. The first-order chi connectivity index (χ1) is 14.7. The minimum absolute atomic E-state index is 0.0239. The number of amides is 1. The smallest absolute Gasteiger partial charge is 0.246 e.